The number of nitrogens with zero attached hydrogens (tertiary/aromatic N) is 1. The quantitative estimate of drug-likeness (QED) is 0.483. The molecule has 1 aromatic rings. The number of aromatic nitrogens is 1. The molecular weight excluding hydrogens is 94.0 g/mol. The van der Waals surface area contributed by atoms with Crippen LogP contribution in [0.2, 0.25) is 0 Å². The van der Waals surface area contributed by atoms with E-state index in [0.717, 1.165) is 0 Å². The van der Waals surface area contributed by atoms with Gasteiger partial charge in [-0.15, -0.1) is 0 Å². The van der Waals surface area contributed by atoms with E-state index in [1.54, 1.807) is 0 Å². The van der Waals surface area contributed by atoms with E-state index in [1.165, 1.54) is 12.5 Å². The highest BCUT2D eigenvalue weighted by Crippen LogP contribution is 1.85. The first-order valence-electron chi connectivity index (χ1n) is 1.78. The average Bonchev–Trinajstić information content (AvgIpc) is 2.14. The third-order valence-electron chi connectivity index (χ3n) is 0.552. The molecule has 0 saturated carbocycles. The van der Waals surface area contributed by atoms with Crippen molar-refractivity contribution in [3.05, 3.63) is 18.4 Å². The van der Waals surface area contributed by atoms with Crippen molar-refractivity contribution in [2.75, 3.05) is 0 Å². The zero-order valence-electron chi connectivity index (χ0n) is 4.50. The van der Waals surface area contributed by atoms with Crippen LogP contribution in [0.4, 0.5) is 0 Å². The molecule has 0 fully saturated rings. The number of hydrogen-bond acceptors (Lipinski definition) is 3. The summed E-state index contributed by atoms with van der Waals surface area (Å²) in [7, 11) is 0. The maximum absolute atomic E-state index is 9.71. The zero-order valence-corrected chi connectivity index (χ0v) is 3.50. The largest absolute Gasteiger partial charge is 1.00 e. The van der Waals surface area contributed by atoms with Crippen molar-refractivity contribution in [3.8, 4) is 0 Å². The highest BCUT2D eigenvalue weighted by atomic mass is 16.3. The van der Waals surface area contributed by atoms with E-state index in [9.17, 15) is 4.79 Å². The van der Waals surface area contributed by atoms with E-state index in [4.69, 9.17) is 0 Å². The third-order valence-corrected chi connectivity index (χ3v) is 0.552. The standard InChI is InChI=1S/C4H3NO2/c6-3-4-5-1-2-7-4/h1-3H/p+1. The maximum Gasteiger partial charge on any atom is 1.00 e. The summed E-state index contributed by atoms with van der Waals surface area (Å²) in [6, 6.07) is 0. The van der Waals surface area contributed by atoms with Crippen LogP contribution in [-0.4, -0.2) is 11.3 Å². The smallest absolute Gasteiger partial charge is 0.443 e. The van der Waals surface area contributed by atoms with Crippen molar-refractivity contribution in [1.29, 1.82) is 0 Å². The first-order valence-corrected chi connectivity index (χ1v) is 1.78. The minimum atomic E-state index is 0. The molecule has 1 aromatic heterocycles. The van der Waals surface area contributed by atoms with Crippen molar-refractivity contribution >= 4 is 6.29 Å². The normalized spacial score (nSPS) is 8.57. The lowest BCUT2D eigenvalue weighted by atomic mass is 10.8. The van der Waals surface area contributed by atoms with Crippen LogP contribution in [-0.2, 0) is 0 Å². The SMILES string of the molecule is O=Cc1ncco1.[H+]. The average molecular weight is 98.1 g/mol. The molecule has 1 rings (SSSR count). The minimum absolute atomic E-state index is 0. The number of carbonyl (C=O) groups is 1. The van der Waals surface area contributed by atoms with Gasteiger partial charge in [-0.2, -0.15) is 0 Å². The second kappa shape index (κ2) is 1.55. The molecule has 0 atom stereocenters. The van der Waals surface area contributed by atoms with Crippen molar-refractivity contribution in [2.24, 2.45) is 0 Å². The summed E-state index contributed by atoms with van der Waals surface area (Å²) in [5, 5.41) is 0. The topological polar surface area (TPSA) is 43.1 Å². The maximum atomic E-state index is 9.71. The van der Waals surface area contributed by atoms with Crippen LogP contribution < -0.4 is 0 Å². The Kier molecular flexibility index (Phi) is 0.898. The van der Waals surface area contributed by atoms with Crippen LogP contribution in [0, 0.1) is 0 Å². The number of rotatable bonds is 1. The molecule has 0 radical (unpaired) electrons. The monoisotopic (exact) mass is 98.0 g/mol. The van der Waals surface area contributed by atoms with Crippen molar-refractivity contribution in [1.82, 2.24) is 4.98 Å². The van der Waals surface area contributed by atoms with Gasteiger partial charge in [-0.25, -0.2) is 4.98 Å². The molecule has 36 valence electrons. The van der Waals surface area contributed by atoms with Crippen molar-refractivity contribution < 1.29 is 10.6 Å². The van der Waals surface area contributed by atoms with E-state index < -0.39 is 0 Å². The third kappa shape index (κ3) is 0.652. The summed E-state index contributed by atoms with van der Waals surface area (Å²) in [5.41, 5.74) is 0. The van der Waals surface area contributed by atoms with Gasteiger partial charge in [0.15, 0.2) is 0 Å². The van der Waals surface area contributed by atoms with Gasteiger partial charge in [-0.05, 0) is 0 Å². The fraction of sp³-hybridized carbons (Fsp3) is 0. The highest BCUT2D eigenvalue weighted by molar-refractivity contribution is 5.66. The lowest BCUT2D eigenvalue weighted by Crippen LogP contribution is -1.72. The number of aldehydes is 1. The summed E-state index contributed by atoms with van der Waals surface area (Å²) in [6.45, 7) is 0. The molecule has 0 amide bonds. The van der Waals surface area contributed by atoms with Gasteiger partial charge in [0.25, 0.3) is 5.89 Å². The first kappa shape index (κ1) is 4.05. The molecule has 7 heavy (non-hydrogen) atoms. The van der Waals surface area contributed by atoms with Gasteiger partial charge >= 0.3 is 1.43 Å². The zero-order chi connectivity index (χ0) is 5.11. The van der Waals surface area contributed by atoms with Crippen molar-refractivity contribution in [3.63, 3.8) is 0 Å². The molecular formula is C4H4NO2+. The highest BCUT2D eigenvalue weighted by Gasteiger charge is 1.86. The Morgan fingerprint density at radius 3 is 3.14 bits per heavy atom. The Hall–Kier alpha value is -1.12. The summed E-state index contributed by atoms with van der Waals surface area (Å²) in [5.74, 6) is 0.125. The molecule has 0 aliphatic rings. The Labute approximate surface area is 41.5 Å². The van der Waals surface area contributed by atoms with Crippen LogP contribution in [0.15, 0.2) is 16.9 Å². The fourth-order valence-electron chi connectivity index (χ4n) is 0.293. The van der Waals surface area contributed by atoms with E-state index in [2.05, 4.69) is 9.40 Å². The van der Waals surface area contributed by atoms with Gasteiger partial charge in [-0.3, -0.25) is 4.79 Å². The molecule has 0 aromatic carbocycles. The number of hydrogen-bond donors (Lipinski definition) is 0. The summed E-state index contributed by atoms with van der Waals surface area (Å²) >= 11 is 0. The van der Waals surface area contributed by atoms with Crippen LogP contribution in [0.5, 0.6) is 0 Å². The molecule has 0 unspecified atom stereocenters. The minimum Gasteiger partial charge on any atom is -0.443 e. The van der Waals surface area contributed by atoms with Crippen LogP contribution in [0.3, 0.4) is 0 Å². The lowest BCUT2D eigenvalue weighted by molar-refractivity contribution is 0.109. The second-order valence-corrected chi connectivity index (χ2v) is 0.988. The van der Waals surface area contributed by atoms with Crippen LogP contribution in [0.1, 0.15) is 12.1 Å². The lowest BCUT2D eigenvalue weighted by Gasteiger charge is -1.66. The predicted molar refractivity (Wildman–Crippen MR) is 23.0 cm³/mol. The van der Waals surface area contributed by atoms with Crippen LogP contribution >= 0.6 is 0 Å². The molecule has 0 saturated heterocycles. The Morgan fingerprint density at radius 2 is 2.86 bits per heavy atom. The predicted octanol–water partition coefficient (Wildman–Crippen LogP) is 0.600. The Bertz CT molecular complexity index is 149. The molecule has 3 nitrogen and oxygen atoms in total. The van der Waals surface area contributed by atoms with Crippen LogP contribution in [0.25, 0.3) is 0 Å². The molecule has 3 heteroatoms. The van der Waals surface area contributed by atoms with Gasteiger partial charge in [0.1, 0.15) is 6.26 Å². The van der Waals surface area contributed by atoms with Gasteiger partial charge < -0.3 is 4.42 Å². The van der Waals surface area contributed by atoms with Gasteiger partial charge in [0.05, 0.1) is 6.20 Å². The number of carbonyl (C=O) groups excluding carboxylic acids is 1. The van der Waals surface area contributed by atoms with Gasteiger partial charge in [-0.1, -0.05) is 0 Å². The molecule has 0 N–H and O–H groups in total. The Morgan fingerprint density at radius 1 is 2.00 bits per heavy atom. The van der Waals surface area contributed by atoms with E-state index >= 15 is 0 Å². The van der Waals surface area contributed by atoms with Crippen molar-refractivity contribution in [2.45, 2.75) is 0 Å². The first-order chi connectivity index (χ1) is 3.43. The summed E-state index contributed by atoms with van der Waals surface area (Å²) in [4.78, 5) is 13.2. The number of oxazole rings is 1. The molecule has 0 aliphatic carbocycles. The summed E-state index contributed by atoms with van der Waals surface area (Å²) < 4.78 is 4.50. The molecule has 0 spiro atoms. The Balaban J connectivity index is 0.000000490. The molecule has 1 heterocycles. The fourth-order valence-corrected chi connectivity index (χ4v) is 0.293. The van der Waals surface area contributed by atoms with E-state index in [0.29, 0.717) is 6.29 Å². The van der Waals surface area contributed by atoms with Gasteiger partial charge in [0.2, 0.25) is 6.29 Å². The van der Waals surface area contributed by atoms with E-state index in [-0.39, 0.29) is 7.32 Å². The molecule has 0 bridgehead atoms. The van der Waals surface area contributed by atoms with Gasteiger partial charge in [0, 0.05) is 0 Å². The second-order valence-electron chi connectivity index (χ2n) is 0.988. The summed E-state index contributed by atoms with van der Waals surface area (Å²) in [6.07, 6.45) is 3.33. The van der Waals surface area contributed by atoms with E-state index in [1.807, 2.05) is 0 Å². The molecule has 0 aliphatic heterocycles.